The smallest absolute Gasteiger partial charge is 0.264 e. The molecule has 168 valence electrons. The molecular weight excluding hydrogens is 448 g/mol. The van der Waals surface area contributed by atoms with E-state index in [2.05, 4.69) is 0 Å². The van der Waals surface area contributed by atoms with Gasteiger partial charge in [0.05, 0.1) is 23.7 Å². The maximum atomic E-state index is 13.4. The van der Waals surface area contributed by atoms with Crippen LogP contribution in [0.3, 0.4) is 0 Å². The molecule has 0 atom stereocenters. The summed E-state index contributed by atoms with van der Waals surface area (Å²) in [6.07, 6.45) is 0. The second-order valence-corrected chi connectivity index (χ2v) is 9.71. The van der Waals surface area contributed by atoms with Gasteiger partial charge >= 0.3 is 0 Å². The van der Waals surface area contributed by atoms with E-state index in [0.29, 0.717) is 21.8 Å². The normalized spacial score (nSPS) is 11.2. The fraction of sp³-hybridized carbons (Fsp3) is 0.208. The zero-order chi connectivity index (χ0) is 23.3. The van der Waals surface area contributed by atoms with E-state index in [1.807, 2.05) is 6.92 Å². The summed E-state index contributed by atoms with van der Waals surface area (Å²) in [5, 5.41) is 10.1. The van der Waals surface area contributed by atoms with Crippen molar-refractivity contribution < 1.29 is 18.3 Å². The van der Waals surface area contributed by atoms with Crippen molar-refractivity contribution >= 4 is 33.2 Å². The summed E-state index contributed by atoms with van der Waals surface area (Å²) in [4.78, 5) is 14.5. The highest BCUT2D eigenvalue weighted by atomic mass is 35.5. The van der Waals surface area contributed by atoms with E-state index in [-0.39, 0.29) is 30.5 Å². The monoisotopic (exact) mass is 472 g/mol. The molecule has 0 heterocycles. The molecule has 0 aromatic heterocycles. The Balaban J connectivity index is 1.94. The van der Waals surface area contributed by atoms with Crippen molar-refractivity contribution in [3.8, 4) is 0 Å². The molecule has 0 radical (unpaired) electrons. The largest absolute Gasteiger partial charge is 0.394 e. The van der Waals surface area contributed by atoms with Crippen LogP contribution in [0.4, 0.5) is 5.69 Å². The fourth-order valence-electron chi connectivity index (χ4n) is 3.33. The number of sulfonamides is 1. The van der Waals surface area contributed by atoms with Gasteiger partial charge < -0.3 is 10.0 Å². The summed E-state index contributed by atoms with van der Waals surface area (Å²) < 4.78 is 28.0. The Morgan fingerprint density at radius 1 is 0.969 bits per heavy atom. The Hall–Kier alpha value is -2.87. The molecule has 3 aromatic rings. The first-order valence-corrected chi connectivity index (χ1v) is 11.8. The Kier molecular flexibility index (Phi) is 7.56. The zero-order valence-electron chi connectivity index (χ0n) is 17.9. The molecule has 0 aliphatic rings. The van der Waals surface area contributed by atoms with E-state index >= 15 is 0 Å². The van der Waals surface area contributed by atoms with Gasteiger partial charge in [-0.3, -0.25) is 9.10 Å². The number of para-hydroxylation sites is 1. The summed E-state index contributed by atoms with van der Waals surface area (Å²) >= 11 is 5.91. The second-order valence-electron chi connectivity index (χ2n) is 7.41. The molecule has 0 saturated carbocycles. The summed E-state index contributed by atoms with van der Waals surface area (Å²) in [6, 6.07) is 20.1. The van der Waals surface area contributed by atoms with Crippen LogP contribution in [-0.4, -0.2) is 44.5 Å². The van der Waals surface area contributed by atoms with E-state index in [9.17, 15) is 18.3 Å². The third-order valence-electron chi connectivity index (χ3n) is 5.02. The van der Waals surface area contributed by atoms with Crippen LogP contribution in [-0.2, 0) is 16.6 Å². The minimum atomic E-state index is -3.91. The van der Waals surface area contributed by atoms with E-state index < -0.39 is 10.0 Å². The van der Waals surface area contributed by atoms with Crippen LogP contribution >= 0.6 is 11.6 Å². The molecule has 0 unspecified atom stereocenters. The van der Waals surface area contributed by atoms with E-state index in [1.54, 1.807) is 79.8 Å². The van der Waals surface area contributed by atoms with Gasteiger partial charge in [0.25, 0.3) is 15.9 Å². The molecule has 0 aliphatic carbocycles. The average Bonchev–Trinajstić information content (AvgIpc) is 2.78. The number of aliphatic hydroxyl groups is 1. The van der Waals surface area contributed by atoms with Crippen LogP contribution < -0.4 is 4.31 Å². The van der Waals surface area contributed by atoms with Crippen LogP contribution in [0, 0.1) is 6.92 Å². The fourth-order valence-corrected chi connectivity index (χ4v) is 4.95. The lowest BCUT2D eigenvalue weighted by molar-refractivity contribution is 0.0785. The lowest BCUT2D eigenvalue weighted by Crippen LogP contribution is -2.35. The quantitative estimate of drug-likeness (QED) is 0.535. The molecule has 8 heteroatoms. The number of hydrogen-bond donors (Lipinski definition) is 1. The number of aryl methyl sites for hydroxylation is 1. The van der Waals surface area contributed by atoms with Crippen LogP contribution in [0.5, 0.6) is 0 Å². The number of carbonyl (C=O) groups excluding carboxylic acids is 1. The van der Waals surface area contributed by atoms with Crippen molar-refractivity contribution in [1.29, 1.82) is 0 Å². The number of amides is 1. The molecule has 0 fully saturated rings. The first kappa shape index (κ1) is 23.8. The summed E-state index contributed by atoms with van der Waals surface area (Å²) in [5.41, 5.74) is 2.48. The molecule has 0 saturated heterocycles. The number of hydrogen-bond acceptors (Lipinski definition) is 4. The van der Waals surface area contributed by atoms with Crippen LogP contribution in [0.1, 0.15) is 21.5 Å². The van der Waals surface area contributed by atoms with E-state index in [1.165, 1.54) is 9.21 Å². The number of aliphatic hydroxyl groups excluding tert-OH is 1. The molecule has 0 aliphatic heterocycles. The SMILES string of the molecule is Cc1ccc(S(=O)(=O)N(CCO)c2ccccc2CN(C)C(=O)c2ccc(Cl)cc2)cc1. The number of rotatable bonds is 8. The molecule has 1 amide bonds. The number of nitrogens with zero attached hydrogens (tertiary/aromatic N) is 2. The highest BCUT2D eigenvalue weighted by Gasteiger charge is 2.27. The lowest BCUT2D eigenvalue weighted by Gasteiger charge is -2.27. The predicted octanol–water partition coefficient (Wildman–Crippen LogP) is 4.11. The molecule has 32 heavy (non-hydrogen) atoms. The molecule has 3 aromatic carbocycles. The first-order chi connectivity index (χ1) is 15.2. The van der Waals surface area contributed by atoms with Gasteiger partial charge in [-0.2, -0.15) is 0 Å². The third kappa shape index (κ3) is 5.30. The highest BCUT2D eigenvalue weighted by Crippen LogP contribution is 2.28. The van der Waals surface area contributed by atoms with Gasteiger partial charge in [0.15, 0.2) is 0 Å². The van der Waals surface area contributed by atoms with Crippen molar-refractivity contribution in [2.45, 2.75) is 18.4 Å². The molecule has 0 spiro atoms. The molecular formula is C24H25ClN2O4S. The van der Waals surface area contributed by atoms with Gasteiger partial charge in [-0.1, -0.05) is 47.5 Å². The van der Waals surface area contributed by atoms with Crippen molar-refractivity contribution in [2.75, 3.05) is 24.5 Å². The maximum Gasteiger partial charge on any atom is 0.264 e. The minimum Gasteiger partial charge on any atom is -0.394 e. The Labute approximate surface area is 193 Å². The van der Waals surface area contributed by atoms with Gasteiger partial charge in [-0.15, -0.1) is 0 Å². The van der Waals surface area contributed by atoms with Crippen molar-refractivity contribution in [2.24, 2.45) is 0 Å². The number of anilines is 1. The number of carbonyl (C=O) groups is 1. The average molecular weight is 473 g/mol. The third-order valence-corrected chi connectivity index (χ3v) is 7.10. The Bertz CT molecular complexity index is 1180. The van der Waals surface area contributed by atoms with Crippen molar-refractivity contribution in [3.63, 3.8) is 0 Å². The first-order valence-electron chi connectivity index (χ1n) is 10.0. The summed E-state index contributed by atoms with van der Waals surface area (Å²) in [6.45, 7) is 1.61. The van der Waals surface area contributed by atoms with E-state index in [0.717, 1.165) is 5.56 Å². The lowest BCUT2D eigenvalue weighted by atomic mass is 10.1. The Morgan fingerprint density at radius 3 is 2.22 bits per heavy atom. The second kappa shape index (κ2) is 10.2. The highest BCUT2D eigenvalue weighted by molar-refractivity contribution is 7.92. The molecule has 0 bridgehead atoms. The van der Waals surface area contributed by atoms with Gasteiger partial charge in [0.2, 0.25) is 0 Å². The predicted molar refractivity (Wildman–Crippen MR) is 126 cm³/mol. The van der Waals surface area contributed by atoms with Crippen molar-refractivity contribution in [3.05, 3.63) is 94.5 Å². The van der Waals surface area contributed by atoms with Crippen molar-refractivity contribution in [1.82, 2.24) is 4.90 Å². The Morgan fingerprint density at radius 2 is 1.59 bits per heavy atom. The zero-order valence-corrected chi connectivity index (χ0v) is 19.5. The topological polar surface area (TPSA) is 77.9 Å². The molecule has 3 rings (SSSR count). The minimum absolute atomic E-state index is 0.109. The van der Waals surface area contributed by atoms with Gasteiger partial charge in [-0.25, -0.2) is 8.42 Å². The summed E-state index contributed by atoms with van der Waals surface area (Å²) in [5.74, 6) is -0.216. The van der Waals surface area contributed by atoms with Crippen LogP contribution in [0.25, 0.3) is 0 Å². The number of halogens is 1. The van der Waals surface area contributed by atoms with Gasteiger partial charge in [0.1, 0.15) is 0 Å². The van der Waals surface area contributed by atoms with Crippen LogP contribution in [0.2, 0.25) is 5.02 Å². The maximum absolute atomic E-state index is 13.4. The molecule has 1 N–H and O–H groups in total. The molecule has 6 nitrogen and oxygen atoms in total. The van der Waals surface area contributed by atoms with Gasteiger partial charge in [0, 0.05) is 24.2 Å². The van der Waals surface area contributed by atoms with E-state index in [4.69, 9.17) is 11.6 Å². The number of benzene rings is 3. The standard InChI is InChI=1S/C24H25ClN2O4S/c1-18-7-13-22(14-8-18)32(30,31)27(15-16-28)23-6-4-3-5-20(23)17-26(2)24(29)19-9-11-21(25)12-10-19/h3-14,28H,15-17H2,1-2H3. The van der Waals surface area contributed by atoms with Crippen LogP contribution in [0.15, 0.2) is 77.7 Å². The van der Waals surface area contributed by atoms with Gasteiger partial charge in [-0.05, 0) is 55.0 Å². The summed E-state index contributed by atoms with van der Waals surface area (Å²) in [7, 11) is -2.26.